The summed E-state index contributed by atoms with van der Waals surface area (Å²) in [5, 5.41) is 32.2. The van der Waals surface area contributed by atoms with Gasteiger partial charge in [0.15, 0.2) is 6.17 Å². The molecule has 1 aromatic carbocycles. The summed E-state index contributed by atoms with van der Waals surface area (Å²) in [6, 6.07) is 5.89. The number of carbonyl (C=O) groups is 4. The van der Waals surface area contributed by atoms with Gasteiger partial charge < -0.3 is 20.6 Å². The predicted molar refractivity (Wildman–Crippen MR) is 107 cm³/mol. The minimum absolute atomic E-state index is 0.00889. The lowest BCUT2D eigenvalue weighted by atomic mass is 9.76. The Kier molecular flexibility index (Phi) is 5.35. The van der Waals surface area contributed by atoms with Crippen molar-refractivity contribution in [1.29, 1.82) is 0 Å². The van der Waals surface area contributed by atoms with Crippen LogP contribution in [-0.4, -0.2) is 67.9 Å². The number of carboxylic acid groups (broad SMARTS) is 2. The van der Waals surface area contributed by atoms with E-state index in [-0.39, 0.29) is 34.4 Å². The summed E-state index contributed by atoms with van der Waals surface area (Å²) in [5.74, 6) is -4.10. The molecule has 1 aliphatic carbocycles. The number of fused-ring (bicyclic) bond motifs is 1. The van der Waals surface area contributed by atoms with Crippen LogP contribution < -0.4 is 5.32 Å². The molecule has 2 heterocycles. The molecule has 3 fully saturated rings. The van der Waals surface area contributed by atoms with Gasteiger partial charge in [0.05, 0.1) is 23.8 Å². The van der Waals surface area contributed by atoms with Crippen LogP contribution in [0.1, 0.15) is 65.7 Å². The standard InChI is InChI=1S/C22H26N2O7/c25-13-9-10-22(16(12-13)20(29)30)21(31)24(22)11-5-1-2-8-17(24)23-18(26)14-6-3-4-7-15(14)19(27)28/h3-4,6-7,13,16-17,25H,1-2,5,8-12H2,(H2-,23,26,27,28,29,30)/p+1. The molecule has 166 valence electrons. The smallest absolute Gasteiger partial charge is 0.378 e. The Morgan fingerprint density at radius 2 is 1.74 bits per heavy atom. The summed E-state index contributed by atoms with van der Waals surface area (Å²) in [7, 11) is 0. The number of quaternary nitrogens is 1. The van der Waals surface area contributed by atoms with Crippen LogP contribution in [0.25, 0.3) is 0 Å². The van der Waals surface area contributed by atoms with Crippen LogP contribution in [0, 0.1) is 5.92 Å². The molecule has 1 saturated carbocycles. The van der Waals surface area contributed by atoms with Gasteiger partial charge in [0.2, 0.25) is 5.54 Å². The van der Waals surface area contributed by atoms with Crippen molar-refractivity contribution in [1.82, 2.24) is 5.32 Å². The van der Waals surface area contributed by atoms with E-state index in [1.165, 1.54) is 18.2 Å². The van der Waals surface area contributed by atoms with Gasteiger partial charge in [-0.15, -0.1) is 0 Å². The molecule has 9 heteroatoms. The Morgan fingerprint density at radius 1 is 1.03 bits per heavy atom. The van der Waals surface area contributed by atoms with Crippen LogP contribution in [0.3, 0.4) is 0 Å². The van der Waals surface area contributed by atoms with E-state index in [9.17, 15) is 34.5 Å². The van der Waals surface area contributed by atoms with E-state index >= 15 is 0 Å². The van der Waals surface area contributed by atoms with E-state index in [0.717, 1.165) is 19.3 Å². The summed E-state index contributed by atoms with van der Waals surface area (Å²) in [6.45, 7) is 0.435. The summed E-state index contributed by atoms with van der Waals surface area (Å²) in [5.41, 5.74) is -1.26. The van der Waals surface area contributed by atoms with Crippen LogP contribution in [0.15, 0.2) is 24.3 Å². The summed E-state index contributed by atoms with van der Waals surface area (Å²) >= 11 is 0. The second-order valence-corrected chi connectivity index (χ2v) is 8.83. The lowest BCUT2D eigenvalue weighted by molar-refractivity contribution is -0.829. The van der Waals surface area contributed by atoms with Gasteiger partial charge in [0, 0.05) is 12.8 Å². The minimum atomic E-state index is -1.22. The zero-order valence-corrected chi connectivity index (χ0v) is 17.1. The number of nitrogens with zero attached hydrogens (tertiary/aromatic N) is 1. The van der Waals surface area contributed by atoms with Crippen molar-refractivity contribution in [2.24, 2.45) is 5.92 Å². The largest absolute Gasteiger partial charge is 0.481 e. The van der Waals surface area contributed by atoms with Crippen molar-refractivity contribution in [3.63, 3.8) is 0 Å². The quantitative estimate of drug-likeness (QED) is 0.417. The van der Waals surface area contributed by atoms with Gasteiger partial charge in [-0.3, -0.25) is 9.59 Å². The Balaban J connectivity index is 1.69. The van der Waals surface area contributed by atoms with Crippen LogP contribution in [-0.2, 0) is 9.59 Å². The van der Waals surface area contributed by atoms with Gasteiger partial charge in [-0.2, -0.15) is 0 Å². The fourth-order valence-electron chi connectivity index (χ4n) is 5.90. The molecule has 4 rings (SSSR count). The molecule has 2 saturated heterocycles. The molecule has 3 aliphatic rings. The molecule has 2 spiro atoms. The minimum Gasteiger partial charge on any atom is -0.481 e. The number of carboxylic acids is 2. The fourth-order valence-corrected chi connectivity index (χ4v) is 5.90. The van der Waals surface area contributed by atoms with Crippen molar-refractivity contribution in [3.05, 3.63) is 35.4 Å². The highest BCUT2D eigenvalue weighted by Gasteiger charge is 2.87. The number of aromatic carboxylic acids is 1. The number of aliphatic hydroxyl groups is 1. The number of rotatable bonds is 4. The second kappa shape index (κ2) is 7.72. The lowest BCUT2D eigenvalue weighted by Crippen LogP contribution is -2.57. The highest BCUT2D eigenvalue weighted by atomic mass is 16.4. The molecule has 31 heavy (non-hydrogen) atoms. The summed E-state index contributed by atoms with van der Waals surface area (Å²) in [4.78, 5) is 50.1. The van der Waals surface area contributed by atoms with Crippen LogP contribution in [0.4, 0.5) is 0 Å². The maximum Gasteiger partial charge on any atom is 0.378 e. The van der Waals surface area contributed by atoms with E-state index in [4.69, 9.17) is 0 Å². The Hall–Kier alpha value is -2.78. The normalized spacial score (nSPS) is 34.9. The molecule has 0 radical (unpaired) electrons. The van der Waals surface area contributed by atoms with Crippen molar-refractivity contribution in [2.45, 2.75) is 62.8 Å². The van der Waals surface area contributed by atoms with E-state index < -0.39 is 41.6 Å². The number of hydrogen-bond donors (Lipinski definition) is 4. The summed E-state index contributed by atoms with van der Waals surface area (Å²) < 4.78 is -0.113. The second-order valence-electron chi connectivity index (χ2n) is 8.83. The molecule has 5 unspecified atom stereocenters. The van der Waals surface area contributed by atoms with Crippen LogP contribution in [0.2, 0.25) is 0 Å². The fraction of sp³-hybridized carbons (Fsp3) is 0.545. The zero-order chi connectivity index (χ0) is 22.4. The number of aliphatic carboxylic acids is 1. The third kappa shape index (κ3) is 3.14. The molecule has 2 aliphatic heterocycles. The topological polar surface area (TPSA) is 141 Å². The van der Waals surface area contributed by atoms with Crippen molar-refractivity contribution in [3.8, 4) is 0 Å². The van der Waals surface area contributed by atoms with Gasteiger partial charge >= 0.3 is 17.8 Å². The lowest BCUT2D eigenvalue weighted by Gasteiger charge is -2.35. The summed E-state index contributed by atoms with van der Waals surface area (Å²) in [6.07, 6.45) is 2.12. The number of aliphatic hydroxyl groups excluding tert-OH is 1. The van der Waals surface area contributed by atoms with Crippen molar-refractivity contribution >= 4 is 23.8 Å². The SMILES string of the molecule is O=C(O)c1ccccc1C(=O)NC1CCCCC[N+]12C(=O)C21CCC(O)CC1C(=O)O. The molecule has 0 aromatic heterocycles. The Morgan fingerprint density at radius 3 is 2.42 bits per heavy atom. The first-order chi connectivity index (χ1) is 14.8. The Bertz CT molecular complexity index is 948. The average Bonchev–Trinajstić information content (AvgIpc) is 3.33. The maximum atomic E-state index is 13.4. The molecular weight excluding hydrogens is 404 g/mol. The molecule has 1 aromatic rings. The maximum absolute atomic E-state index is 13.4. The van der Waals surface area contributed by atoms with Gasteiger partial charge in [-0.25, -0.2) is 14.1 Å². The molecule has 0 bridgehead atoms. The number of amides is 2. The first kappa shape index (κ1) is 21.5. The highest BCUT2D eigenvalue weighted by Crippen LogP contribution is 2.59. The molecule has 4 N–H and O–H groups in total. The highest BCUT2D eigenvalue weighted by molar-refractivity contribution is 6.05. The van der Waals surface area contributed by atoms with Crippen LogP contribution >= 0.6 is 0 Å². The van der Waals surface area contributed by atoms with Crippen molar-refractivity contribution < 1.29 is 39.0 Å². The monoisotopic (exact) mass is 431 g/mol. The third-order valence-electron chi connectivity index (χ3n) is 7.36. The third-order valence-corrected chi connectivity index (χ3v) is 7.36. The number of hydrogen-bond acceptors (Lipinski definition) is 5. The van der Waals surface area contributed by atoms with E-state index in [1.807, 2.05) is 0 Å². The van der Waals surface area contributed by atoms with Crippen LogP contribution in [0.5, 0.6) is 0 Å². The first-order valence-electron chi connectivity index (χ1n) is 10.7. The molecule has 9 nitrogen and oxygen atoms in total. The molecular formula is C22H27N2O7+. The van der Waals surface area contributed by atoms with Gasteiger partial charge in [-0.05, 0) is 44.2 Å². The van der Waals surface area contributed by atoms with E-state index in [2.05, 4.69) is 5.32 Å². The number of carbonyl (C=O) groups excluding carboxylic acids is 2. The molecule has 5 atom stereocenters. The number of nitrogens with one attached hydrogen (secondary N) is 1. The predicted octanol–water partition coefficient (Wildman–Crippen LogP) is 1.36. The van der Waals surface area contributed by atoms with E-state index in [0.29, 0.717) is 19.4 Å². The van der Waals surface area contributed by atoms with Gasteiger partial charge in [0.25, 0.3) is 5.91 Å². The zero-order valence-electron chi connectivity index (χ0n) is 17.1. The first-order valence-corrected chi connectivity index (χ1v) is 10.7. The average molecular weight is 431 g/mol. The Labute approximate surface area is 179 Å². The van der Waals surface area contributed by atoms with Crippen molar-refractivity contribution in [2.75, 3.05) is 6.54 Å². The van der Waals surface area contributed by atoms with Gasteiger partial charge in [-0.1, -0.05) is 12.1 Å². The van der Waals surface area contributed by atoms with Gasteiger partial charge in [0.1, 0.15) is 5.92 Å². The molecule has 2 amide bonds. The van der Waals surface area contributed by atoms with E-state index in [1.54, 1.807) is 6.07 Å². The number of benzene rings is 1.